The fourth-order valence-corrected chi connectivity index (χ4v) is 2.51. The standard InChI is InChI=1S/C17H25NO3/c1-12(2)9-13(3)10-16(19)18-15(17(20)21)11-14-7-5-4-6-8-14/h4-8,12-13,15H,9-11H2,1-3H3,(H,18,19)(H,20,21)/t13?,15-/m0/s1. The van der Waals surface area contributed by atoms with E-state index >= 15 is 0 Å². The monoisotopic (exact) mass is 291 g/mol. The highest BCUT2D eigenvalue weighted by Gasteiger charge is 2.21. The van der Waals surface area contributed by atoms with Gasteiger partial charge < -0.3 is 10.4 Å². The summed E-state index contributed by atoms with van der Waals surface area (Å²) in [6, 6.07) is 8.46. The average Bonchev–Trinajstić information content (AvgIpc) is 2.37. The first-order chi connectivity index (χ1) is 9.88. The molecule has 0 bridgehead atoms. The van der Waals surface area contributed by atoms with Gasteiger partial charge in [0.2, 0.25) is 5.91 Å². The number of carboxylic acid groups (broad SMARTS) is 1. The third-order valence-electron chi connectivity index (χ3n) is 3.32. The molecule has 116 valence electrons. The molecule has 0 spiro atoms. The van der Waals surface area contributed by atoms with Crippen LogP contribution in [0.15, 0.2) is 30.3 Å². The Morgan fingerprint density at radius 1 is 1.14 bits per heavy atom. The first-order valence-electron chi connectivity index (χ1n) is 7.44. The Morgan fingerprint density at radius 2 is 1.76 bits per heavy atom. The smallest absolute Gasteiger partial charge is 0.326 e. The summed E-state index contributed by atoms with van der Waals surface area (Å²) in [5.41, 5.74) is 0.903. The molecule has 1 aromatic carbocycles. The number of rotatable bonds is 8. The Hall–Kier alpha value is -1.84. The van der Waals surface area contributed by atoms with Gasteiger partial charge in [-0.05, 0) is 23.8 Å². The van der Waals surface area contributed by atoms with Crippen LogP contribution in [-0.4, -0.2) is 23.0 Å². The lowest BCUT2D eigenvalue weighted by Gasteiger charge is -2.17. The number of carbonyl (C=O) groups excluding carboxylic acids is 1. The largest absolute Gasteiger partial charge is 0.480 e. The Labute approximate surface area is 126 Å². The molecule has 0 heterocycles. The second kappa shape index (κ2) is 8.45. The van der Waals surface area contributed by atoms with Crippen molar-refractivity contribution in [3.63, 3.8) is 0 Å². The molecule has 0 saturated heterocycles. The maximum Gasteiger partial charge on any atom is 0.326 e. The highest BCUT2D eigenvalue weighted by atomic mass is 16.4. The lowest BCUT2D eigenvalue weighted by atomic mass is 9.95. The molecule has 0 aliphatic carbocycles. The molecule has 1 unspecified atom stereocenters. The van der Waals surface area contributed by atoms with Crippen LogP contribution in [0.4, 0.5) is 0 Å². The first kappa shape index (κ1) is 17.2. The Bertz CT molecular complexity index is 456. The SMILES string of the molecule is CC(C)CC(C)CC(=O)N[C@@H](Cc1ccccc1)C(=O)O. The van der Waals surface area contributed by atoms with Gasteiger partial charge in [-0.15, -0.1) is 0 Å². The third-order valence-corrected chi connectivity index (χ3v) is 3.32. The summed E-state index contributed by atoms with van der Waals surface area (Å²) in [5, 5.41) is 11.9. The highest BCUT2D eigenvalue weighted by molar-refractivity contribution is 5.83. The van der Waals surface area contributed by atoms with Crippen molar-refractivity contribution < 1.29 is 14.7 Å². The number of carboxylic acids is 1. The number of aliphatic carboxylic acids is 1. The zero-order chi connectivity index (χ0) is 15.8. The van der Waals surface area contributed by atoms with Gasteiger partial charge in [0.25, 0.3) is 0 Å². The summed E-state index contributed by atoms with van der Waals surface area (Å²) in [5.74, 6) is -0.390. The van der Waals surface area contributed by atoms with Gasteiger partial charge in [0.05, 0.1) is 0 Å². The molecular weight excluding hydrogens is 266 g/mol. The molecule has 2 N–H and O–H groups in total. The van der Waals surface area contributed by atoms with Crippen molar-refractivity contribution in [3.05, 3.63) is 35.9 Å². The minimum atomic E-state index is -0.997. The first-order valence-corrected chi connectivity index (χ1v) is 7.44. The van der Waals surface area contributed by atoms with Crippen molar-refractivity contribution in [2.45, 2.75) is 46.1 Å². The van der Waals surface area contributed by atoms with E-state index in [1.54, 1.807) is 0 Å². The van der Waals surface area contributed by atoms with Gasteiger partial charge >= 0.3 is 5.97 Å². The number of hydrogen-bond acceptors (Lipinski definition) is 2. The molecule has 1 rings (SSSR count). The van der Waals surface area contributed by atoms with Crippen LogP contribution in [0.2, 0.25) is 0 Å². The lowest BCUT2D eigenvalue weighted by molar-refractivity contribution is -0.141. The summed E-state index contributed by atoms with van der Waals surface area (Å²) < 4.78 is 0. The van der Waals surface area contributed by atoms with Crippen molar-refractivity contribution in [1.29, 1.82) is 0 Å². The second-order valence-electron chi connectivity index (χ2n) is 6.09. The van der Waals surface area contributed by atoms with Gasteiger partial charge in [-0.25, -0.2) is 4.79 Å². The van der Waals surface area contributed by atoms with E-state index in [2.05, 4.69) is 19.2 Å². The van der Waals surface area contributed by atoms with Crippen LogP contribution in [0.1, 0.15) is 39.2 Å². The number of carbonyl (C=O) groups is 2. The summed E-state index contributed by atoms with van der Waals surface area (Å²) in [6.07, 6.45) is 1.64. The van der Waals surface area contributed by atoms with E-state index < -0.39 is 12.0 Å². The van der Waals surface area contributed by atoms with Crippen molar-refractivity contribution in [2.75, 3.05) is 0 Å². The Morgan fingerprint density at radius 3 is 2.29 bits per heavy atom. The zero-order valence-electron chi connectivity index (χ0n) is 13.0. The molecule has 0 aliphatic heterocycles. The van der Waals surface area contributed by atoms with Crippen LogP contribution < -0.4 is 5.32 Å². The second-order valence-corrected chi connectivity index (χ2v) is 6.09. The summed E-state index contributed by atoms with van der Waals surface area (Å²) >= 11 is 0. The fourth-order valence-electron chi connectivity index (χ4n) is 2.51. The number of hydrogen-bond donors (Lipinski definition) is 2. The third kappa shape index (κ3) is 6.93. The van der Waals surface area contributed by atoms with Crippen molar-refractivity contribution >= 4 is 11.9 Å². The molecule has 0 saturated carbocycles. The zero-order valence-corrected chi connectivity index (χ0v) is 13.0. The van der Waals surface area contributed by atoms with E-state index in [1.807, 2.05) is 37.3 Å². The molecule has 1 aromatic rings. The molecule has 0 radical (unpaired) electrons. The fraction of sp³-hybridized carbons (Fsp3) is 0.529. The molecule has 21 heavy (non-hydrogen) atoms. The molecule has 0 aromatic heterocycles. The molecule has 0 fully saturated rings. The molecule has 0 aliphatic rings. The minimum Gasteiger partial charge on any atom is -0.480 e. The maximum atomic E-state index is 12.0. The molecule has 2 atom stereocenters. The van der Waals surface area contributed by atoms with E-state index in [9.17, 15) is 14.7 Å². The van der Waals surface area contributed by atoms with Gasteiger partial charge in [0.15, 0.2) is 0 Å². The van der Waals surface area contributed by atoms with E-state index in [4.69, 9.17) is 0 Å². The minimum absolute atomic E-state index is 0.188. The van der Waals surface area contributed by atoms with Crippen LogP contribution in [0.5, 0.6) is 0 Å². The topological polar surface area (TPSA) is 66.4 Å². The molecule has 4 nitrogen and oxygen atoms in total. The van der Waals surface area contributed by atoms with E-state index in [0.29, 0.717) is 18.8 Å². The number of benzene rings is 1. The predicted octanol–water partition coefficient (Wildman–Crippen LogP) is 2.87. The summed E-state index contributed by atoms with van der Waals surface area (Å²) in [6.45, 7) is 6.25. The average molecular weight is 291 g/mol. The molecule has 1 amide bonds. The van der Waals surface area contributed by atoms with Crippen molar-refractivity contribution in [2.24, 2.45) is 11.8 Å². The quantitative estimate of drug-likeness (QED) is 0.774. The van der Waals surface area contributed by atoms with Crippen molar-refractivity contribution in [1.82, 2.24) is 5.32 Å². The van der Waals surface area contributed by atoms with Crippen LogP contribution in [0.3, 0.4) is 0 Å². The lowest BCUT2D eigenvalue weighted by Crippen LogP contribution is -2.42. The summed E-state index contributed by atoms with van der Waals surface area (Å²) in [4.78, 5) is 23.3. The van der Waals surface area contributed by atoms with Gasteiger partial charge in [0, 0.05) is 12.8 Å². The van der Waals surface area contributed by atoms with Gasteiger partial charge in [-0.3, -0.25) is 4.79 Å². The van der Waals surface area contributed by atoms with Gasteiger partial charge in [-0.2, -0.15) is 0 Å². The Balaban J connectivity index is 2.54. The van der Waals surface area contributed by atoms with Gasteiger partial charge in [-0.1, -0.05) is 51.1 Å². The van der Waals surface area contributed by atoms with E-state index in [0.717, 1.165) is 12.0 Å². The van der Waals surface area contributed by atoms with Crippen LogP contribution >= 0.6 is 0 Å². The molecular formula is C17H25NO3. The number of nitrogens with one attached hydrogen (secondary N) is 1. The number of amides is 1. The normalized spacial score (nSPS) is 13.7. The highest BCUT2D eigenvalue weighted by Crippen LogP contribution is 2.14. The van der Waals surface area contributed by atoms with Gasteiger partial charge in [0.1, 0.15) is 6.04 Å². The molecule has 4 heteroatoms. The van der Waals surface area contributed by atoms with Crippen LogP contribution in [0.25, 0.3) is 0 Å². The van der Waals surface area contributed by atoms with E-state index in [1.165, 1.54) is 0 Å². The maximum absolute atomic E-state index is 12.0. The van der Waals surface area contributed by atoms with Crippen molar-refractivity contribution in [3.8, 4) is 0 Å². The Kier molecular flexibility index (Phi) is 6.92. The van der Waals surface area contributed by atoms with Crippen LogP contribution in [0, 0.1) is 11.8 Å². The predicted molar refractivity (Wildman–Crippen MR) is 82.9 cm³/mol. The van der Waals surface area contributed by atoms with Crippen LogP contribution in [-0.2, 0) is 16.0 Å². The summed E-state index contributed by atoms with van der Waals surface area (Å²) in [7, 11) is 0. The van der Waals surface area contributed by atoms with E-state index in [-0.39, 0.29) is 11.8 Å².